The van der Waals surface area contributed by atoms with Crippen molar-refractivity contribution in [1.82, 2.24) is 0 Å². The fourth-order valence-corrected chi connectivity index (χ4v) is 3.47. The average molecular weight is 353 g/mol. The third-order valence-corrected chi connectivity index (χ3v) is 4.85. The molecule has 1 aromatic carbocycles. The van der Waals surface area contributed by atoms with Gasteiger partial charge in [-0.1, -0.05) is 48.6 Å². The Hall–Kier alpha value is -2.91. The number of carboxylic acid groups (broad SMARTS) is 1. The number of nitrogens with zero attached hydrogens (tertiary/aromatic N) is 2. The molecular weight excluding hydrogens is 330 g/mol. The topological polar surface area (TPSA) is 109 Å². The Bertz CT molecular complexity index is 764. The van der Waals surface area contributed by atoms with Crippen molar-refractivity contribution in [3.63, 3.8) is 0 Å². The van der Waals surface area contributed by atoms with E-state index in [4.69, 9.17) is 25.4 Å². The highest BCUT2D eigenvalue weighted by atomic mass is 16.5. The predicted molar refractivity (Wildman–Crippen MR) is 100 cm³/mol. The number of allylic oxidation sites excluding steroid dienone is 3. The van der Waals surface area contributed by atoms with Crippen LogP contribution in [0.1, 0.15) is 25.3 Å². The maximum absolute atomic E-state index is 9.43. The van der Waals surface area contributed by atoms with Crippen LogP contribution in [0.15, 0.2) is 53.6 Å². The minimum Gasteiger partial charge on any atom is -0.483 e. The highest BCUT2D eigenvalue weighted by Gasteiger charge is 2.49. The number of carbonyl (C=O) groups is 1. The first kappa shape index (κ1) is 19.4. The monoisotopic (exact) mass is 353 g/mol. The van der Waals surface area contributed by atoms with Crippen LogP contribution in [0.4, 0.5) is 0 Å². The van der Waals surface area contributed by atoms with Gasteiger partial charge in [0.15, 0.2) is 0 Å². The minimum atomic E-state index is -0.532. The summed E-state index contributed by atoms with van der Waals surface area (Å²) < 4.78 is 5.64. The van der Waals surface area contributed by atoms with E-state index in [1.165, 1.54) is 11.1 Å². The Morgan fingerprint density at radius 1 is 1.42 bits per heavy atom. The first-order valence-electron chi connectivity index (χ1n) is 8.31. The zero-order chi connectivity index (χ0) is 19.0. The molecule has 3 N–H and O–H groups in total. The van der Waals surface area contributed by atoms with E-state index in [-0.39, 0.29) is 6.47 Å². The summed E-state index contributed by atoms with van der Waals surface area (Å²) in [7, 11) is 0. The van der Waals surface area contributed by atoms with E-state index in [1.807, 2.05) is 31.2 Å². The van der Waals surface area contributed by atoms with Crippen molar-refractivity contribution in [3.8, 4) is 6.07 Å². The smallest absolute Gasteiger partial charge is 0.290 e. The molecule has 2 unspecified atom stereocenters. The van der Waals surface area contributed by atoms with Crippen molar-refractivity contribution in [3.05, 3.63) is 54.1 Å². The lowest BCUT2D eigenvalue weighted by Gasteiger charge is -2.46. The van der Waals surface area contributed by atoms with Crippen molar-refractivity contribution in [1.29, 1.82) is 5.26 Å². The molecule has 26 heavy (non-hydrogen) atoms. The second-order valence-electron chi connectivity index (χ2n) is 6.56. The third-order valence-electron chi connectivity index (χ3n) is 4.85. The van der Waals surface area contributed by atoms with Gasteiger partial charge in [-0.25, -0.2) is 0 Å². The van der Waals surface area contributed by atoms with Crippen molar-refractivity contribution in [2.75, 3.05) is 13.2 Å². The number of hydrogen-bond acceptors (Lipinski definition) is 5. The minimum absolute atomic E-state index is 0.250. The van der Waals surface area contributed by atoms with Gasteiger partial charge >= 0.3 is 0 Å². The Balaban J connectivity index is 0.000000758. The van der Waals surface area contributed by atoms with E-state index >= 15 is 0 Å². The molecule has 1 aromatic rings. The van der Waals surface area contributed by atoms with E-state index in [9.17, 15) is 5.26 Å². The summed E-state index contributed by atoms with van der Waals surface area (Å²) in [6, 6.07) is 12.6. The summed E-state index contributed by atoms with van der Waals surface area (Å²) >= 11 is 0. The van der Waals surface area contributed by atoms with Crippen LogP contribution in [0.5, 0.6) is 0 Å². The van der Waals surface area contributed by atoms with E-state index in [2.05, 4.69) is 30.4 Å². The molecule has 2 atom stereocenters. The van der Waals surface area contributed by atoms with Gasteiger partial charge in [-0.2, -0.15) is 5.26 Å². The number of benzene rings is 1. The maximum atomic E-state index is 9.43. The van der Waals surface area contributed by atoms with Gasteiger partial charge in [0, 0.05) is 11.8 Å². The molecule has 1 aliphatic heterocycles. The lowest BCUT2D eigenvalue weighted by molar-refractivity contribution is -0.122. The second kappa shape index (κ2) is 8.45. The van der Waals surface area contributed by atoms with Gasteiger partial charge in [0.2, 0.25) is 0 Å². The molecule has 0 bridgehead atoms. The molecule has 1 aliphatic carbocycles. The van der Waals surface area contributed by atoms with Crippen molar-refractivity contribution < 1.29 is 14.6 Å². The molecular formula is C20H23N3O3. The number of hydrogen-bond donors (Lipinski definition) is 2. The van der Waals surface area contributed by atoms with Crippen molar-refractivity contribution >= 4 is 17.9 Å². The average Bonchev–Trinajstić information content (AvgIpc) is 2.63. The number of rotatable bonds is 3. The van der Waals surface area contributed by atoms with Crippen molar-refractivity contribution in [2.24, 2.45) is 16.1 Å². The Labute approximate surface area is 153 Å². The largest absolute Gasteiger partial charge is 0.483 e. The Kier molecular flexibility index (Phi) is 6.31. The fraction of sp³-hybridized carbons (Fsp3) is 0.350. The second-order valence-corrected chi connectivity index (χ2v) is 6.56. The molecule has 1 heterocycles. The molecule has 6 heteroatoms. The summed E-state index contributed by atoms with van der Waals surface area (Å²) in [5.74, 6) is 0.500. The standard InChI is InChI=1S/C19H21N3O.CH2O2/c1-18(14-23-13-17(21)22-18)19(10-11-20)9-5-8-16(12-19)15-6-3-2-4-7-15;2-1-3/h2-9H,10,12-14H2,1H3,(H2,21,22);1H,(H,2,3). The van der Waals surface area contributed by atoms with Crippen LogP contribution in [0, 0.1) is 16.7 Å². The lowest BCUT2D eigenvalue weighted by Crippen LogP contribution is -2.51. The number of aliphatic imine (C=N–C) groups is 1. The number of nitrogens with two attached hydrogens (primary N) is 1. The highest BCUT2D eigenvalue weighted by Crippen LogP contribution is 2.49. The molecule has 0 spiro atoms. The SMILES string of the molecule is CC1(C2(CC#N)C=CC=C(c3ccccc3)C2)COCC(N)=N1.O=CO. The maximum Gasteiger partial charge on any atom is 0.290 e. The quantitative estimate of drug-likeness (QED) is 0.812. The molecule has 2 aliphatic rings. The van der Waals surface area contributed by atoms with E-state index in [0.29, 0.717) is 25.5 Å². The fourth-order valence-electron chi connectivity index (χ4n) is 3.47. The molecule has 6 nitrogen and oxygen atoms in total. The zero-order valence-corrected chi connectivity index (χ0v) is 14.8. The van der Waals surface area contributed by atoms with Crippen LogP contribution < -0.4 is 5.73 Å². The normalized spacial score (nSPS) is 27.2. The zero-order valence-electron chi connectivity index (χ0n) is 14.8. The van der Waals surface area contributed by atoms with E-state index in [1.54, 1.807) is 0 Å². The summed E-state index contributed by atoms with van der Waals surface area (Å²) in [6.07, 6.45) is 7.38. The molecule has 0 saturated carbocycles. The molecule has 0 radical (unpaired) electrons. The van der Waals surface area contributed by atoms with Gasteiger partial charge in [0.1, 0.15) is 12.4 Å². The first-order chi connectivity index (χ1) is 12.5. The van der Waals surface area contributed by atoms with E-state index < -0.39 is 11.0 Å². The van der Waals surface area contributed by atoms with Crippen LogP contribution in [0.25, 0.3) is 5.57 Å². The third kappa shape index (κ3) is 4.01. The Morgan fingerprint density at radius 3 is 2.73 bits per heavy atom. The molecule has 0 aromatic heterocycles. The Morgan fingerprint density at radius 2 is 2.12 bits per heavy atom. The molecule has 136 valence electrons. The van der Waals surface area contributed by atoms with Crippen LogP contribution in [0.3, 0.4) is 0 Å². The van der Waals surface area contributed by atoms with E-state index in [0.717, 1.165) is 6.42 Å². The number of amidine groups is 1. The first-order valence-corrected chi connectivity index (χ1v) is 8.31. The van der Waals surface area contributed by atoms with Gasteiger partial charge in [0.05, 0.1) is 18.2 Å². The highest BCUT2D eigenvalue weighted by molar-refractivity contribution is 5.82. The molecule has 0 amide bonds. The molecule has 0 saturated heterocycles. The van der Waals surface area contributed by atoms with Crippen LogP contribution in [-0.2, 0) is 9.53 Å². The van der Waals surface area contributed by atoms with Crippen LogP contribution in [-0.4, -0.2) is 36.2 Å². The summed E-state index contributed by atoms with van der Waals surface area (Å²) in [5, 5.41) is 16.3. The number of ether oxygens (including phenoxy) is 1. The van der Waals surface area contributed by atoms with Gasteiger partial charge in [-0.15, -0.1) is 0 Å². The van der Waals surface area contributed by atoms with Gasteiger partial charge < -0.3 is 15.6 Å². The summed E-state index contributed by atoms with van der Waals surface area (Å²) in [5.41, 5.74) is 7.37. The molecule has 0 fully saturated rings. The summed E-state index contributed by atoms with van der Waals surface area (Å²) in [4.78, 5) is 13.1. The van der Waals surface area contributed by atoms with Crippen molar-refractivity contribution in [2.45, 2.75) is 25.3 Å². The van der Waals surface area contributed by atoms with Crippen LogP contribution in [0.2, 0.25) is 0 Å². The lowest BCUT2D eigenvalue weighted by atomic mass is 9.63. The van der Waals surface area contributed by atoms with Gasteiger partial charge in [-0.05, 0) is 24.5 Å². The predicted octanol–water partition coefficient (Wildman–Crippen LogP) is 2.78. The summed E-state index contributed by atoms with van der Waals surface area (Å²) in [6.45, 7) is 2.62. The molecule has 3 rings (SSSR count). The van der Waals surface area contributed by atoms with Gasteiger partial charge in [-0.3, -0.25) is 9.79 Å². The number of nitriles is 1. The van der Waals surface area contributed by atoms with Crippen LogP contribution >= 0.6 is 0 Å². The van der Waals surface area contributed by atoms with Gasteiger partial charge in [0.25, 0.3) is 6.47 Å².